The van der Waals surface area contributed by atoms with E-state index in [-0.39, 0.29) is 19.6 Å². The first-order valence-corrected chi connectivity index (χ1v) is 5.01. The van der Waals surface area contributed by atoms with Crippen LogP contribution in [0.4, 0.5) is 0 Å². The van der Waals surface area contributed by atoms with Crippen LogP contribution < -0.4 is 16.8 Å². The number of nitrogens with zero attached hydrogens (tertiary/aromatic N) is 1. The number of rotatable bonds is 9. The lowest BCUT2D eigenvalue weighted by molar-refractivity contribution is -0.137. The second-order valence-corrected chi connectivity index (χ2v) is 3.35. The SMILES string of the molecule is COCCNCC(=O)N(CC(N)=O)CC(N)=O. The van der Waals surface area contributed by atoms with E-state index in [0.717, 1.165) is 4.90 Å². The number of amides is 3. The zero-order chi connectivity index (χ0) is 13.3. The van der Waals surface area contributed by atoms with Crippen molar-refractivity contribution >= 4 is 17.7 Å². The normalized spacial score (nSPS) is 9.94. The fourth-order valence-electron chi connectivity index (χ4n) is 1.09. The van der Waals surface area contributed by atoms with Gasteiger partial charge >= 0.3 is 0 Å². The summed E-state index contributed by atoms with van der Waals surface area (Å²) in [5, 5.41) is 2.79. The van der Waals surface area contributed by atoms with Crippen LogP contribution in [0.15, 0.2) is 0 Å². The van der Waals surface area contributed by atoms with E-state index in [1.165, 1.54) is 7.11 Å². The van der Waals surface area contributed by atoms with Gasteiger partial charge in [0.2, 0.25) is 17.7 Å². The van der Waals surface area contributed by atoms with Crippen molar-refractivity contribution in [3.63, 3.8) is 0 Å². The van der Waals surface area contributed by atoms with Gasteiger partial charge in [-0.15, -0.1) is 0 Å². The number of methoxy groups -OCH3 is 1. The van der Waals surface area contributed by atoms with Crippen LogP contribution in [0.3, 0.4) is 0 Å². The van der Waals surface area contributed by atoms with Gasteiger partial charge in [0, 0.05) is 13.7 Å². The molecule has 0 aromatic rings. The summed E-state index contributed by atoms with van der Waals surface area (Å²) < 4.78 is 4.78. The molecule has 0 heterocycles. The molecule has 98 valence electrons. The van der Waals surface area contributed by atoms with E-state index in [9.17, 15) is 14.4 Å². The summed E-state index contributed by atoms with van der Waals surface area (Å²) in [5.74, 6) is -1.81. The summed E-state index contributed by atoms with van der Waals surface area (Å²) in [6, 6.07) is 0. The Kier molecular flexibility index (Phi) is 7.65. The Balaban J connectivity index is 4.12. The highest BCUT2D eigenvalue weighted by Crippen LogP contribution is 1.88. The van der Waals surface area contributed by atoms with Gasteiger partial charge in [0.05, 0.1) is 26.2 Å². The number of carbonyl (C=O) groups is 3. The maximum atomic E-state index is 11.6. The molecule has 0 aromatic heterocycles. The topological polar surface area (TPSA) is 128 Å². The molecule has 0 unspecified atom stereocenters. The van der Waals surface area contributed by atoms with Crippen molar-refractivity contribution in [3.8, 4) is 0 Å². The lowest BCUT2D eigenvalue weighted by Crippen LogP contribution is -2.46. The van der Waals surface area contributed by atoms with E-state index in [1.807, 2.05) is 0 Å². The van der Waals surface area contributed by atoms with Crippen LogP contribution >= 0.6 is 0 Å². The van der Waals surface area contributed by atoms with Crippen LogP contribution in [0.1, 0.15) is 0 Å². The standard InChI is InChI=1S/C9H18N4O4/c1-17-3-2-12-4-9(16)13(5-7(10)14)6-8(11)15/h12H,2-6H2,1H3,(H2,10,14)(H2,11,15). The highest BCUT2D eigenvalue weighted by Gasteiger charge is 2.17. The fraction of sp³-hybridized carbons (Fsp3) is 0.667. The third-order valence-electron chi connectivity index (χ3n) is 1.81. The molecule has 0 fully saturated rings. The molecular formula is C9H18N4O4. The summed E-state index contributed by atoms with van der Waals surface area (Å²) in [7, 11) is 1.54. The molecule has 3 amide bonds. The predicted molar refractivity (Wildman–Crippen MR) is 59.7 cm³/mol. The maximum absolute atomic E-state index is 11.6. The Morgan fingerprint density at radius 1 is 1.18 bits per heavy atom. The van der Waals surface area contributed by atoms with E-state index < -0.39 is 17.7 Å². The quantitative estimate of drug-likeness (QED) is 0.374. The number of primary amides is 2. The van der Waals surface area contributed by atoms with Gasteiger partial charge in [-0.3, -0.25) is 14.4 Å². The third kappa shape index (κ3) is 8.17. The van der Waals surface area contributed by atoms with E-state index in [1.54, 1.807) is 0 Å². The second kappa shape index (κ2) is 8.48. The molecule has 8 nitrogen and oxygen atoms in total. The molecule has 0 atom stereocenters. The van der Waals surface area contributed by atoms with Crippen molar-refractivity contribution in [3.05, 3.63) is 0 Å². The molecule has 0 radical (unpaired) electrons. The summed E-state index contributed by atoms with van der Waals surface area (Å²) in [6.45, 7) is 0.285. The van der Waals surface area contributed by atoms with Crippen molar-refractivity contribution < 1.29 is 19.1 Å². The molecule has 0 aliphatic rings. The van der Waals surface area contributed by atoms with Gasteiger partial charge in [-0.25, -0.2) is 0 Å². The Morgan fingerprint density at radius 3 is 2.12 bits per heavy atom. The monoisotopic (exact) mass is 246 g/mol. The largest absolute Gasteiger partial charge is 0.383 e. The van der Waals surface area contributed by atoms with Gasteiger partial charge < -0.3 is 26.4 Å². The number of nitrogens with one attached hydrogen (secondary N) is 1. The molecule has 0 rings (SSSR count). The minimum Gasteiger partial charge on any atom is -0.383 e. The predicted octanol–water partition coefficient (Wildman–Crippen LogP) is -2.98. The first-order valence-electron chi connectivity index (χ1n) is 5.01. The Bertz CT molecular complexity index is 266. The molecule has 0 aliphatic carbocycles. The van der Waals surface area contributed by atoms with Crippen molar-refractivity contribution in [1.29, 1.82) is 0 Å². The number of hydrogen-bond donors (Lipinski definition) is 3. The van der Waals surface area contributed by atoms with Crippen LogP contribution in [-0.2, 0) is 19.1 Å². The lowest BCUT2D eigenvalue weighted by Gasteiger charge is -2.19. The molecule has 0 saturated carbocycles. The van der Waals surface area contributed by atoms with E-state index >= 15 is 0 Å². The highest BCUT2D eigenvalue weighted by atomic mass is 16.5. The van der Waals surface area contributed by atoms with Crippen molar-refractivity contribution in [2.45, 2.75) is 0 Å². The van der Waals surface area contributed by atoms with Crippen LogP contribution in [0.5, 0.6) is 0 Å². The summed E-state index contributed by atoms with van der Waals surface area (Å²) in [6.07, 6.45) is 0. The van der Waals surface area contributed by atoms with Gasteiger partial charge in [-0.1, -0.05) is 0 Å². The molecule has 0 spiro atoms. The fourth-order valence-corrected chi connectivity index (χ4v) is 1.09. The number of nitrogens with two attached hydrogens (primary N) is 2. The van der Waals surface area contributed by atoms with E-state index in [0.29, 0.717) is 13.2 Å². The van der Waals surface area contributed by atoms with Crippen molar-refractivity contribution in [2.24, 2.45) is 11.5 Å². The van der Waals surface area contributed by atoms with Crippen LogP contribution in [0.25, 0.3) is 0 Å². The molecule has 0 aliphatic heterocycles. The maximum Gasteiger partial charge on any atom is 0.237 e. The molecule has 0 aromatic carbocycles. The smallest absolute Gasteiger partial charge is 0.237 e. The van der Waals surface area contributed by atoms with Crippen molar-refractivity contribution in [2.75, 3.05) is 39.9 Å². The summed E-state index contributed by atoms with van der Waals surface area (Å²) in [4.78, 5) is 34.0. The minimum atomic E-state index is -0.698. The van der Waals surface area contributed by atoms with Gasteiger partial charge in [-0.05, 0) is 0 Å². The van der Waals surface area contributed by atoms with E-state index in [4.69, 9.17) is 16.2 Å². The Labute approximate surface area is 99.2 Å². The molecule has 5 N–H and O–H groups in total. The number of hydrogen-bond acceptors (Lipinski definition) is 5. The average Bonchev–Trinajstić information content (AvgIpc) is 2.22. The first-order chi connectivity index (χ1) is 7.97. The molecule has 17 heavy (non-hydrogen) atoms. The van der Waals surface area contributed by atoms with Gasteiger partial charge in [0.25, 0.3) is 0 Å². The zero-order valence-electron chi connectivity index (χ0n) is 9.77. The molecule has 0 saturated heterocycles. The van der Waals surface area contributed by atoms with Gasteiger partial charge in [0.1, 0.15) is 0 Å². The average molecular weight is 246 g/mol. The molecule has 8 heteroatoms. The third-order valence-corrected chi connectivity index (χ3v) is 1.81. The first kappa shape index (κ1) is 15.3. The van der Waals surface area contributed by atoms with E-state index in [2.05, 4.69) is 5.32 Å². The van der Waals surface area contributed by atoms with Crippen LogP contribution in [-0.4, -0.2) is 62.5 Å². The Morgan fingerprint density at radius 2 is 1.71 bits per heavy atom. The van der Waals surface area contributed by atoms with Crippen LogP contribution in [0.2, 0.25) is 0 Å². The Hall–Kier alpha value is -1.67. The second-order valence-electron chi connectivity index (χ2n) is 3.35. The van der Waals surface area contributed by atoms with Crippen molar-refractivity contribution in [1.82, 2.24) is 10.2 Å². The zero-order valence-corrected chi connectivity index (χ0v) is 9.77. The van der Waals surface area contributed by atoms with Gasteiger partial charge in [-0.2, -0.15) is 0 Å². The minimum absolute atomic E-state index is 0.01000. The molecule has 0 bridgehead atoms. The highest BCUT2D eigenvalue weighted by molar-refractivity contribution is 5.88. The number of ether oxygens (including phenoxy) is 1. The van der Waals surface area contributed by atoms with Gasteiger partial charge in [0.15, 0.2) is 0 Å². The molecular weight excluding hydrogens is 228 g/mol. The summed E-state index contributed by atoms with van der Waals surface area (Å²) in [5.41, 5.74) is 9.92. The number of carbonyl (C=O) groups excluding carboxylic acids is 3. The lowest BCUT2D eigenvalue weighted by atomic mass is 10.4. The van der Waals surface area contributed by atoms with Crippen LogP contribution in [0, 0.1) is 0 Å². The summed E-state index contributed by atoms with van der Waals surface area (Å²) >= 11 is 0.